The van der Waals surface area contributed by atoms with Gasteiger partial charge in [0.15, 0.2) is 0 Å². The molecular formula is C51H99NO6. The highest BCUT2D eigenvalue weighted by atomic mass is 16.5. The zero-order chi connectivity index (χ0) is 42.0. The molecule has 344 valence electrons. The molecule has 58 heavy (non-hydrogen) atoms. The molecule has 1 aliphatic heterocycles. The van der Waals surface area contributed by atoms with Gasteiger partial charge in [0.05, 0.1) is 32.5 Å². The zero-order valence-corrected chi connectivity index (χ0v) is 39.3. The van der Waals surface area contributed by atoms with Crippen LogP contribution in [-0.4, -0.2) is 75.6 Å². The molecule has 0 amide bonds. The Labute approximate surface area is 361 Å². The summed E-state index contributed by atoms with van der Waals surface area (Å²) in [5.41, 5.74) is 0. The van der Waals surface area contributed by atoms with Crippen LogP contribution in [0.2, 0.25) is 0 Å². The molecule has 0 N–H and O–H groups in total. The summed E-state index contributed by atoms with van der Waals surface area (Å²) in [6.07, 6.45) is 40.1. The molecule has 1 rings (SSSR count). The first-order valence-electron chi connectivity index (χ1n) is 25.7. The number of ether oxygens (including phenoxy) is 4. The van der Waals surface area contributed by atoms with Crippen LogP contribution in [-0.2, 0) is 28.5 Å². The lowest BCUT2D eigenvalue weighted by Crippen LogP contribution is -2.36. The highest BCUT2D eigenvalue weighted by molar-refractivity contribution is 5.69. The first-order chi connectivity index (χ1) is 28.5. The fourth-order valence-electron chi connectivity index (χ4n) is 8.59. The van der Waals surface area contributed by atoms with Gasteiger partial charge in [-0.3, -0.25) is 14.5 Å². The minimum absolute atomic E-state index is 0.000389. The fraction of sp³-hybridized carbons (Fsp3) is 0.961. The van der Waals surface area contributed by atoms with E-state index in [4.69, 9.17) is 18.9 Å². The Morgan fingerprint density at radius 1 is 0.448 bits per heavy atom. The predicted octanol–water partition coefficient (Wildman–Crippen LogP) is 14.4. The maximum atomic E-state index is 12.5. The van der Waals surface area contributed by atoms with Gasteiger partial charge in [-0.15, -0.1) is 0 Å². The van der Waals surface area contributed by atoms with Crippen LogP contribution >= 0.6 is 0 Å². The first-order valence-corrected chi connectivity index (χ1v) is 25.7. The van der Waals surface area contributed by atoms with Crippen molar-refractivity contribution in [2.45, 2.75) is 252 Å². The van der Waals surface area contributed by atoms with Gasteiger partial charge in [-0.25, -0.2) is 0 Å². The molecule has 1 fully saturated rings. The standard InChI is InChI=1S/C51H99NO6/c1-5-9-19-29-47(30-20-10-6-2)37-43-57-50(53)35-25-16-14-13-15-23-33-49(56-42-28-27-39-52-40-45-55-46-41-52)34-24-17-18-26-36-51(54)58-44-38-48(31-21-11-7-3)32-22-12-8-4/h47-49H,5-46H2,1-4H3. The van der Waals surface area contributed by atoms with Crippen molar-refractivity contribution in [3.05, 3.63) is 0 Å². The fourth-order valence-corrected chi connectivity index (χ4v) is 8.59. The molecule has 7 heteroatoms. The lowest BCUT2D eigenvalue weighted by molar-refractivity contribution is -0.145. The van der Waals surface area contributed by atoms with Crippen LogP contribution in [0.15, 0.2) is 0 Å². The average molecular weight is 822 g/mol. The van der Waals surface area contributed by atoms with E-state index in [1.807, 2.05) is 0 Å². The van der Waals surface area contributed by atoms with Crippen molar-refractivity contribution in [3.8, 4) is 0 Å². The van der Waals surface area contributed by atoms with Crippen LogP contribution in [0.5, 0.6) is 0 Å². The highest BCUT2D eigenvalue weighted by Gasteiger charge is 2.14. The van der Waals surface area contributed by atoms with Gasteiger partial charge in [0.2, 0.25) is 0 Å². The average Bonchev–Trinajstić information content (AvgIpc) is 3.22. The quantitative estimate of drug-likeness (QED) is 0.0447. The summed E-state index contributed by atoms with van der Waals surface area (Å²) < 4.78 is 23.4. The van der Waals surface area contributed by atoms with E-state index in [-0.39, 0.29) is 11.9 Å². The summed E-state index contributed by atoms with van der Waals surface area (Å²) in [6, 6.07) is 0. The monoisotopic (exact) mass is 822 g/mol. The van der Waals surface area contributed by atoms with Gasteiger partial charge in [0.25, 0.3) is 0 Å². The molecule has 0 aromatic rings. The summed E-state index contributed by atoms with van der Waals surface area (Å²) in [6.45, 7) is 16.1. The number of carbonyl (C=O) groups excluding carboxylic acids is 2. The molecule has 0 aromatic heterocycles. The molecule has 1 aliphatic rings. The van der Waals surface area contributed by atoms with Gasteiger partial charge in [0, 0.05) is 32.5 Å². The van der Waals surface area contributed by atoms with Crippen LogP contribution in [0.25, 0.3) is 0 Å². The largest absolute Gasteiger partial charge is 0.466 e. The number of hydrogen-bond acceptors (Lipinski definition) is 7. The Morgan fingerprint density at radius 2 is 0.845 bits per heavy atom. The molecule has 0 saturated carbocycles. The number of unbranched alkanes of at least 4 members (excludes halogenated alkanes) is 17. The van der Waals surface area contributed by atoms with E-state index in [9.17, 15) is 9.59 Å². The molecule has 1 saturated heterocycles. The minimum Gasteiger partial charge on any atom is -0.466 e. The van der Waals surface area contributed by atoms with Crippen molar-refractivity contribution in [3.63, 3.8) is 0 Å². The van der Waals surface area contributed by atoms with E-state index in [0.717, 1.165) is 104 Å². The SMILES string of the molecule is CCCCCC(CCCCC)CCOC(=O)CCCCCCCCC(CCCCCCC(=O)OCCC(CCCCC)CCCCC)OCCCCN1CCOCC1. The van der Waals surface area contributed by atoms with Crippen molar-refractivity contribution in [2.75, 3.05) is 52.7 Å². The molecule has 1 atom stereocenters. The highest BCUT2D eigenvalue weighted by Crippen LogP contribution is 2.23. The molecule has 7 nitrogen and oxygen atoms in total. The third kappa shape index (κ3) is 35.6. The molecule has 0 aliphatic carbocycles. The Bertz CT molecular complexity index is 859. The minimum atomic E-state index is -0.00576. The normalized spacial score (nSPS) is 14.1. The maximum Gasteiger partial charge on any atom is 0.305 e. The van der Waals surface area contributed by atoms with Crippen LogP contribution < -0.4 is 0 Å². The van der Waals surface area contributed by atoms with Crippen molar-refractivity contribution in [1.82, 2.24) is 4.90 Å². The predicted molar refractivity (Wildman–Crippen MR) is 246 cm³/mol. The van der Waals surface area contributed by atoms with E-state index in [0.29, 0.717) is 44.0 Å². The molecular weight excluding hydrogens is 723 g/mol. The summed E-state index contributed by atoms with van der Waals surface area (Å²) in [4.78, 5) is 27.4. The maximum absolute atomic E-state index is 12.5. The van der Waals surface area contributed by atoms with Crippen molar-refractivity contribution < 1.29 is 28.5 Å². The third-order valence-electron chi connectivity index (χ3n) is 12.6. The Balaban J connectivity index is 2.27. The van der Waals surface area contributed by atoms with E-state index in [1.54, 1.807) is 0 Å². The topological polar surface area (TPSA) is 74.3 Å². The van der Waals surface area contributed by atoms with E-state index < -0.39 is 0 Å². The summed E-state index contributed by atoms with van der Waals surface area (Å²) >= 11 is 0. The van der Waals surface area contributed by atoms with E-state index in [2.05, 4.69) is 32.6 Å². The van der Waals surface area contributed by atoms with Gasteiger partial charge < -0.3 is 18.9 Å². The molecule has 1 unspecified atom stereocenters. The molecule has 0 bridgehead atoms. The van der Waals surface area contributed by atoms with E-state index in [1.165, 1.54) is 141 Å². The van der Waals surface area contributed by atoms with Gasteiger partial charge in [-0.05, 0) is 69.7 Å². The Morgan fingerprint density at radius 3 is 1.28 bits per heavy atom. The smallest absolute Gasteiger partial charge is 0.305 e. The van der Waals surface area contributed by atoms with E-state index >= 15 is 0 Å². The second-order valence-electron chi connectivity index (χ2n) is 18.0. The first kappa shape index (κ1) is 54.8. The summed E-state index contributed by atoms with van der Waals surface area (Å²) in [7, 11) is 0. The van der Waals surface area contributed by atoms with Crippen LogP contribution in [0.1, 0.15) is 246 Å². The number of morpholine rings is 1. The molecule has 0 spiro atoms. The zero-order valence-electron chi connectivity index (χ0n) is 39.3. The van der Waals surface area contributed by atoms with Gasteiger partial charge in [-0.2, -0.15) is 0 Å². The van der Waals surface area contributed by atoms with Crippen molar-refractivity contribution >= 4 is 11.9 Å². The lowest BCUT2D eigenvalue weighted by Gasteiger charge is -2.26. The molecule has 0 radical (unpaired) electrons. The summed E-state index contributed by atoms with van der Waals surface area (Å²) in [5.74, 6) is 1.42. The molecule has 1 heterocycles. The second kappa shape index (κ2) is 42.5. The van der Waals surface area contributed by atoms with Crippen molar-refractivity contribution in [1.29, 1.82) is 0 Å². The number of rotatable bonds is 44. The van der Waals surface area contributed by atoms with Gasteiger partial charge in [0.1, 0.15) is 0 Å². The van der Waals surface area contributed by atoms with Gasteiger partial charge in [-0.1, -0.05) is 182 Å². The Kier molecular flexibility index (Phi) is 40.2. The lowest BCUT2D eigenvalue weighted by atomic mass is 9.92. The third-order valence-corrected chi connectivity index (χ3v) is 12.6. The number of carbonyl (C=O) groups is 2. The Hall–Kier alpha value is -1.18. The number of hydrogen-bond donors (Lipinski definition) is 0. The number of esters is 2. The van der Waals surface area contributed by atoms with Gasteiger partial charge >= 0.3 is 11.9 Å². The van der Waals surface area contributed by atoms with Crippen molar-refractivity contribution in [2.24, 2.45) is 11.8 Å². The second-order valence-corrected chi connectivity index (χ2v) is 18.0. The number of nitrogens with zero attached hydrogens (tertiary/aromatic N) is 1. The van der Waals surface area contributed by atoms with Crippen LogP contribution in [0, 0.1) is 11.8 Å². The van der Waals surface area contributed by atoms with Crippen LogP contribution in [0.4, 0.5) is 0 Å². The molecule has 0 aromatic carbocycles. The van der Waals surface area contributed by atoms with Crippen LogP contribution in [0.3, 0.4) is 0 Å². The summed E-state index contributed by atoms with van der Waals surface area (Å²) in [5, 5.41) is 0.